The van der Waals surface area contributed by atoms with Gasteiger partial charge in [-0.1, -0.05) is 39.0 Å². The molecule has 0 aromatic heterocycles. The van der Waals surface area contributed by atoms with E-state index in [1.54, 1.807) is 0 Å². The summed E-state index contributed by atoms with van der Waals surface area (Å²) in [6.45, 7) is 7.75. The monoisotopic (exact) mass is 241 g/mol. The van der Waals surface area contributed by atoms with Crippen molar-refractivity contribution in [3.05, 3.63) is 0 Å². The Hall–Kier alpha value is -0.0800. The van der Waals surface area contributed by atoms with E-state index in [9.17, 15) is 0 Å². The third-order valence-electron chi connectivity index (χ3n) is 4.30. The summed E-state index contributed by atoms with van der Waals surface area (Å²) in [5.74, 6) is 0.910. The molecule has 0 saturated heterocycles. The van der Waals surface area contributed by atoms with E-state index >= 15 is 0 Å². The summed E-state index contributed by atoms with van der Waals surface area (Å²) >= 11 is 0. The minimum absolute atomic E-state index is 0.0490. The lowest BCUT2D eigenvalue weighted by Gasteiger charge is -2.37. The minimum atomic E-state index is -0.0490. The molecule has 0 aliphatic heterocycles. The predicted octanol–water partition coefficient (Wildman–Crippen LogP) is 3.75. The first kappa shape index (κ1) is 15.0. The second-order valence-electron chi connectivity index (χ2n) is 6.05. The quantitative estimate of drug-likeness (QED) is 0.733. The highest BCUT2D eigenvalue weighted by atomic mass is 16.5. The van der Waals surface area contributed by atoms with Crippen LogP contribution in [-0.4, -0.2) is 25.3 Å². The van der Waals surface area contributed by atoms with Crippen molar-refractivity contribution in [1.29, 1.82) is 0 Å². The Morgan fingerprint density at radius 2 is 1.88 bits per heavy atom. The zero-order valence-corrected chi connectivity index (χ0v) is 12.2. The molecular formula is C15H31NO. The number of hydrogen-bond donors (Lipinski definition) is 1. The lowest BCUT2D eigenvalue weighted by Crippen LogP contribution is -2.49. The maximum Gasteiger partial charge on any atom is 0.0775 e. The molecule has 1 aliphatic carbocycles. The average Bonchev–Trinajstić information content (AvgIpc) is 2.35. The number of rotatable bonds is 7. The largest absolute Gasteiger partial charge is 0.377 e. The Morgan fingerprint density at radius 3 is 2.41 bits per heavy atom. The van der Waals surface area contributed by atoms with Gasteiger partial charge in [0, 0.05) is 13.2 Å². The summed E-state index contributed by atoms with van der Waals surface area (Å²) in [7, 11) is 1.83. The molecular weight excluding hydrogens is 210 g/mol. The van der Waals surface area contributed by atoms with Crippen LogP contribution in [0.2, 0.25) is 0 Å². The summed E-state index contributed by atoms with van der Waals surface area (Å²) in [6, 6.07) is 0.496. The molecule has 1 unspecified atom stereocenters. The molecule has 2 nitrogen and oxygen atoms in total. The van der Waals surface area contributed by atoms with Gasteiger partial charge in [-0.25, -0.2) is 0 Å². The first-order chi connectivity index (χ1) is 8.10. The summed E-state index contributed by atoms with van der Waals surface area (Å²) in [5.41, 5.74) is -0.0490. The highest BCUT2D eigenvalue weighted by Crippen LogP contribution is 2.30. The van der Waals surface area contributed by atoms with Crippen molar-refractivity contribution in [2.75, 3.05) is 13.7 Å². The van der Waals surface area contributed by atoms with Gasteiger partial charge in [0.1, 0.15) is 0 Å². The van der Waals surface area contributed by atoms with Crippen LogP contribution in [0.5, 0.6) is 0 Å². The molecule has 102 valence electrons. The van der Waals surface area contributed by atoms with Gasteiger partial charge in [0.05, 0.1) is 5.60 Å². The zero-order valence-electron chi connectivity index (χ0n) is 12.2. The molecule has 0 aromatic rings. The van der Waals surface area contributed by atoms with E-state index in [1.807, 2.05) is 7.11 Å². The molecule has 0 heterocycles. The van der Waals surface area contributed by atoms with Crippen molar-refractivity contribution in [3.8, 4) is 0 Å². The molecule has 1 aliphatic rings. The molecule has 0 amide bonds. The zero-order chi connectivity index (χ0) is 12.7. The first-order valence-corrected chi connectivity index (χ1v) is 7.38. The third kappa shape index (κ3) is 4.97. The summed E-state index contributed by atoms with van der Waals surface area (Å²) < 4.78 is 5.68. The van der Waals surface area contributed by atoms with Crippen LogP contribution in [0.15, 0.2) is 0 Å². The fraction of sp³-hybridized carbons (Fsp3) is 1.00. The molecule has 2 heteroatoms. The molecule has 0 spiro atoms. The van der Waals surface area contributed by atoms with Gasteiger partial charge in [-0.05, 0) is 39.2 Å². The average molecular weight is 241 g/mol. The Bertz CT molecular complexity index is 197. The number of nitrogens with one attached hydrogen (secondary N) is 1. The van der Waals surface area contributed by atoms with E-state index in [0.717, 1.165) is 12.5 Å². The van der Waals surface area contributed by atoms with Crippen molar-refractivity contribution in [1.82, 2.24) is 5.32 Å². The predicted molar refractivity (Wildman–Crippen MR) is 74.4 cm³/mol. The van der Waals surface area contributed by atoms with Crippen LogP contribution in [0.4, 0.5) is 0 Å². The van der Waals surface area contributed by atoms with Crippen LogP contribution < -0.4 is 5.32 Å². The standard InChI is InChI=1S/C15H31NO/c1-5-11-16-14(15(2,3)17-4)12-13-9-7-6-8-10-13/h13-14,16H,5-12H2,1-4H3. The topological polar surface area (TPSA) is 21.3 Å². The van der Waals surface area contributed by atoms with Gasteiger partial charge in [0.2, 0.25) is 0 Å². The lowest BCUT2D eigenvalue weighted by molar-refractivity contribution is -0.0182. The van der Waals surface area contributed by atoms with E-state index in [4.69, 9.17) is 4.74 Å². The molecule has 0 bridgehead atoms. The Morgan fingerprint density at radius 1 is 1.24 bits per heavy atom. The fourth-order valence-electron chi connectivity index (χ4n) is 2.83. The van der Waals surface area contributed by atoms with E-state index in [0.29, 0.717) is 6.04 Å². The minimum Gasteiger partial charge on any atom is -0.377 e. The first-order valence-electron chi connectivity index (χ1n) is 7.38. The second kappa shape index (κ2) is 7.38. The highest BCUT2D eigenvalue weighted by Gasteiger charge is 2.31. The van der Waals surface area contributed by atoms with Crippen LogP contribution in [0.25, 0.3) is 0 Å². The van der Waals surface area contributed by atoms with E-state index in [2.05, 4.69) is 26.1 Å². The molecule has 0 radical (unpaired) electrons. The molecule has 1 fully saturated rings. The van der Waals surface area contributed by atoms with Crippen LogP contribution in [0.3, 0.4) is 0 Å². The van der Waals surface area contributed by atoms with Gasteiger partial charge in [-0.15, -0.1) is 0 Å². The Labute approximate surface area is 108 Å². The van der Waals surface area contributed by atoms with E-state index < -0.39 is 0 Å². The van der Waals surface area contributed by atoms with Gasteiger partial charge in [0.25, 0.3) is 0 Å². The summed E-state index contributed by atoms with van der Waals surface area (Å²) in [6.07, 6.45) is 9.62. The van der Waals surface area contributed by atoms with Gasteiger partial charge >= 0.3 is 0 Å². The van der Waals surface area contributed by atoms with Gasteiger partial charge in [-0.3, -0.25) is 0 Å². The van der Waals surface area contributed by atoms with Crippen LogP contribution in [0.1, 0.15) is 65.7 Å². The van der Waals surface area contributed by atoms with Crippen molar-refractivity contribution in [2.45, 2.75) is 77.4 Å². The van der Waals surface area contributed by atoms with Crippen LogP contribution in [0, 0.1) is 5.92 Å². The SMILES string of the molecule is CCCNC(CC1CCCCC1)C(C)(C)OC. The fourth-order valence-corrected chi connectivity index (χ4v) is 2.83. The Balaban J connectivity index is 2.49. The van der Waals surface area contributed by atoms with Crippen molar-refractivity contribution >= 4 is 0 Å². The van der Waals surface area contributed by atoms with Crippen molar-refractivity contribution in [3.63, 3.8) is 0 Å². The van der Waals surface area contributed by atoms with E-state index in [1.165, 1.54) is 44.9 Å². The van der Waals surface area contributed by atoms with Crippen molar-refractivity contribution in [2.24, 2.45) is 5.92 Å². The smallest absolute Gasteiger partial charge is 0.0775 e. The Kier molecular flexibility index (Phi) is 6.50. The number of hydrogen-bond acceptors (Lipinski definition) is 2. The maximum absolute atomic E-state index is 5.68. The summed E-state index contributed by atoms with van der Waals surface area (Å²) in [5, 5.41) is 3.68. The molecule has 0 aromatic carbocycles. The maximum atomic E-state index is 5.68. The molecule has 1 saturated carbocycles. The highest BCUT2D eigenvalue weighted by molar-refractivity contribution is 4.87. The molecule has 1 rings (SSSR count). The van der Waals surface area contributed by atoms with Gasteiger partial charge in [-0.2, -0.15) is 0 Å². The summed E-state index contributed by atoms with van der Waals surface area (Å²) in [4.78, 5) is 0. The molecule has 1 atom stereocenters. The normalized spacial score (nSPS) is 20.5. The van der Waals surface area contributed by atoms with Crippen LogP contribution in [-0.2, 0) is 4.74 Å². The molecule has 1 N–H and O–H groups in total. The van der Waals surface area contributed by atoms with Gasteiger partial charge < -0.3 is 10.1 Å². The van der Waals surface area contributed by atoms with Crippen molar-refractivity contribution < 1.29 is 4.74 Å². The number of methoxy groups -OCH3 is 1. The molecule has 17 heavy (non-hydrogen) atoms. The third-order valence-corrected chi connectivity index (χ3v) is 4.30. The van der Waals surface area contributed by atoms with E-state index in [-0.39, 0.29) is 5.60 Å². The van der Waals surface area contributed by atoms with Gasteiger partial charge in [0.15, 0.2) is 0 Å². The number of ether oxygens (including phenoxy) is 1. The lowest BCUT2D eigenvalue weighted by atomic mass is 9.81. The second-order valence-corrected chi connectivity index (χ2v) is 6.05. The van der Waals surface area contributed by atoms with Crippen LogP contribution >= 0.6 is 0 Å².